The quantitative estimate of drug-likeness (QED) is 0.571. The monoisotopic (exact) mass is 430 g/mol. The normalized spacial score (nSPS) is 26.4. The molecule has 1 aromatic heterocycles. The van der Waals surface area contributed by atoms with E-state index in [1.54, 1.807) is 24.3 Å². The maximum absolute atomic E-state index is 6.64. The summed E-state index contributed by atoms with van der Waals surface area (Å²) < 4.78 is 7.32. The van der Waals surface area contributed by atoms with Gasteiger partial charge in [-0.15, -0.1) is 0 Å². The van der Waals surface area contributed by atoms with Crippen molar-refractivity contribution in [3.8, 4) is 17.1 Å². The number of anilines is 1. The number of para-hydroxylation sites is 1. The Morgan fingerprint density at radius 3 is 2.73 bits per heavy atom. The standard InChI is InChI=1S/C20H27ClN8O/c1-29-11-24-18(28-29)14-4-3-5-16(17(14)30-2)26-19-15(21)10-25-20(23,27-19)12-6-8-13(22)9-7-12/h3-5,10-13,26-27H,6-9,22-23H2,1-2H3. The number of nitrogens with two attached hydrogens (primary N) is 2. The molecular formula is C20H27ClN8O. The van der Waals surface area contributed by atoms with Gasteiger partial charge in [0.1, 0.15) is 12.1 Å². The molecule has 0 radical (unpaired) electrons. The van der Waals surface area contributed by atoms with Crippen LogP contribution in [0, 0.1) is 5.92 Å². The first-order chi connectivity index (χ1) is 14.4. The Morgan fingerprint density at radius 2 is 2.07 bits per heavy atom. The van der Waals surface area contributed by atoms with Gasteiger partial charge in [0.15, 0.2) is 17.4 Å². The summed E-state index contributed by atoms with van der Waals surface area (Å²) in [5.41, 5.74) is 14.2. The zero-order chi connectivity index (χ0) is 21.3. The SMILES string of the molecule is COc1c(NC2=C(Cl)C=NC(N)(C3CCC(N)CC3)N2)cccc1-c1ncn(C)n1. The largest absolute Gasteiger partial charge is 0.494 e. The number of allylic oxidation sites excluding steroid dienone is 1. The van der Waals surface area contributed by atoms with Gasteiger partial charge in [0.2, 0.25) is 0 Å². The molecule has 1 fully saturated rings. The van der Waals surface area contributed by atoms with Crippen LogP contribution in [0.1, 0.15) is 25.7 Å². The zero-order valence-electron chi connectivity index (χ0n) is 17.1. The highest BCUT2D eigenvalue weighted by molar-refractivity contribution is 6.40. The molecule has 2 heterocycles. The number of aryl methyl sites for hydroxylation is 1. The lowest BCUT2D eigenvalue weighted by molar-refractivity contribution is 0.176. The van der Waals surface area contributed by atoms with Gasteiger partial charge in [-0.2, -0.15) is 5.10 Å². The van der Waals surface area contributed by atoms with Crippen molar-refractivity contribution in [1.82, 2.24) is 20.1 Å². The minimum Gasteiger partial charge on any atom is -0.494 e. The third kappa shape index (κ3) is 4.00. The van der Waals surface area contributed by atoms with Gasteiger partial charge in [-0.05, 0) is 37.8 Å². The number of aromatic nitrogens is 3. The van der Waals surface area contributed by atoms with Crippen LogP contribution in [0.15, 0.2) is 40.4 Å². The molecule has 10 heteroatoms. The van der Waals surface area contributed by atoms with Crippen LogP contribution >= 0.6 is 11.6 Å². The lowest BCUT2D eigenvalue weighted by atomic mass is 9.82. The van der Waals surface area contributed by atoms with Crippen molar-refractivity contribution in [1.29, 1.82) is 0 Å². The van der Waals surface area contributed by atoms with Gasteiger partial charge >= 0.3 is 0 Å². The predicted octanol–water partition coefficient (Wildman–Crippen LogP) is 2.11. The van der Waals surface area contributed by atoms with E-state index in [1.807, 2.05) is 25.2 Å². The maximum atomic E-state index is 6.64. The Kier molecular flexibility index (Phi) is 5.68. The number of rotatable bonds is 5. The Morgan fingerprint density at radius 1 is 1.30 bits per heavy atom. The van der Waals surface area contributed by atoms with E-state index in [0.717, 1.165) is 31.2 Å². The Hall–Kier alpha value is -2.62. The molecule has 1 atom stereocenters. The number of ether oxygens (including phenoxy) is 1. The average molecular weight is 431 g/mol. The summed E-state index contributed by atoms with van der Waals surface area (Å²) in [5.74, 6) is 0.988. The summed E-state index contributed by atoms with van der Waals surface area (Å²) >= 11 is 6.44. The molecule has 2 aliphatic rings. The topological polar surface area (TPSA) is 128 Å². The fourth-order valence-electron chi connectivity index (χ4n) is 4.01. The van der Waals surface area contributed by atoms with Gasteiger partial charge in [0.25, 0.3) is 0 Å². The van der Waals surface area contributed by atoms with Crippen LogP contribution in [0.4, 0.5) is 5.69 Å². The van der Waals surface area contributed by atoms with Crippen molar-refractivity contribution in [3.63, 3.8) is 0 Å². The van der Waals surface area contributed by atoms with Crippen molar-refractivity contribution in [3.05, 3.63) is 35.4 Å². The second-order valence-corrected chi connectivity index (χ2v) is 8.20. The predicted molar refractivity (Wildman–Crippen MR) is 118 cm³/mol. The second-order valence-electron chi connectivity index (χ2n) is 7.80. The highest BCUT2D eigenvalue weighted by Crippen LogP contribution is 2.37. The van der Waals surface area contributed by atoms with Gasteiger partial charge in [0, 0.05) is 25.2 Å². The van der Waals surface area contributed by atoms with Crippen LogP contribution in [0.2, 0.25) is 0 Å². The van der Waals surface area contributed by atoms with Crippen molar-refractivity contribution in [2.45, 2.75) is 37.5 Å². The van der Waals surface area contributed by atoms with E-state index in [1.165, 1.54) is 0 Å². The highest BCUT2D eigenvalue weighted by atomic mass is 35.5. The maximum Gasteiger partial charge on any atom is 0.186 e. The van der Waals surface area contributed by atoms with Crippen LogP contribution < -0.4 is 26.8 Å². The molecule has 6 N–H and O–H groups in total. The molecule has 1 aromatic carbocycles. The lowest BCUT2D eigenvalue weighted by Crippen LogP contribution is -2.60. The molecule has 1 aliphatic carbocycles. The van der Waals surface area contributed by atoms with Crippen LogP contribution in [0.25, 0.3) is 11.4 Å². The fraction of sp³-hybridized carbons (Fsp3) is 0.450. The molecule has 1 unspecified atom stereocenters. The number of nitrogens with one attached hydrogen (secondary N) is 2. The molecule has 4 rings (SSSR count). The number of hydrogen-bond acceptors (Lipinski definition) is 8. The Labute approximate surface area is 180 Å². The smallest absolute Gasteiger partial charge is 0.186 e. The number of benzene rings is 1. The minimum atomic E-state index is -0.936. The zero-order valence-corrected chi connectivity index (χ0v) is 17.9. The summed E-state index contributed by atoms with van der Waals surface area (Å²) in [6, 6.07) is 5.94. The second kappa shape index (κ2) is 8.25. The first-order valence-electron chi connectivity index (χ1n) is 9.97. The lowest BCUT2D eigenvalue weighted by Gasteiger charge is -2.41. The van der Waals surface area contributed by atoms with Gasteiger partial charge in [0.05, 0.1) is 23.4 Å². The van der Waals surface area contributed by atoms with E-state index in [2.05, 4.69) is 25.7 Å². The molecule has 0 spiro atoms. The molecule has 1 aliphatic heterocycles. The average Bonchev–Trinajstić information content (AvgIpc) is 3.17. The number of hydrogen-bond donors (Lipinski definition) is 4. The van der Waals surface area contributed by atoms with Gasteiger partial charge < -0.3 is 21.1 Å². The van der Waals surface area contributed by atoms with Crippen molar-refractivity contribution < 1.29 is 4.74 Å². The summed E-state index contributed by atoms with van der Waals surface area (Å²) in [5, 5.41) is 11.4. The highest BCUT2D eigenvalue weighted by Gasteiger charge is 2.39. The number of halogens is 1. The molecule has 1 saturated carbocycles. The minimum absolute atomic E-state index is 0.168. The fourth-order valence-corrected chi connectivity index (χ4v) is 4.15. The molecule has 0 bridgehead atoms. The van der Waals surface area contributed by atoms with E-state index in [9.17, 15) is 0 Å². The summed E-state index contributed by atoms with van der Waals surface area (Å²) in [7, 11) is 3.43. The Bertz CT molecular complexity index is 979. The van der Waals surface area contributed by atoms with E-state index >= 15 is 0 Å². The number of methoxy groups -OCH3 is 1. The number of aliphatic imine (C=N–C) groups is 1. The molecule has 2 aromatic rings. The molecule has 0 amide bonds. The molecule has 9 nitrogen and oxygen atoms in total. The van der Waals surface area contributed by atoms with Crippen LogP contribution in [0.5, 0.6) is 5.75 Å². The van der Waals surface area contributed by atoms with E-state index in [-0.39, 0.29) is 12.0 Å². The Balaban J connectivity index is 1.60. The third-order valence-corrected chi connectivity index (χ3v) is 5.96. The van der Waals surface area contributed by atoms with E-state index < -0.39 is 5.79 Å². The number of nitrogens with zero attached hydrogens (tertiary/aromatic N) is 4. The summed E-state index contributed by atoms with van der Waals surface area (Å²) in [6.07, 6.45) is 6.95. The molecule has 30 heavy (non-hydrogen) atoms. The van der Waals surface area contributed by atoms with Crippen LogP contribution in [-0.2, 0) is 7.05 Å². The van der Waals surface area contributed by atoms with Crippen molar-refractivity contribution in [2.75, 3.05) is 12.4 Å². The molecule has 160 valence electrons. The van der Waals surface area contributed by atoms with Gasteiger partial charge in [-0.3, -0.25) is 10.4 Å². The summed E-state index contributed by atoms with van der Waals surface area (Å²) in [4.78, 5) is 8.84. The van der Waals surface area contributed by atoms with Gasteiger partial charge in [-0.25, -0.2) is 9.98 Å². The summed E-state index contributed by atoms with van der Waals surface area (Å²) in [6.45, 7) is 0. The first-order valence-corrected chi connectivity index (χ1v) is 10.3. The first kappa shape index (κ1) is 20.6. The van der Waals surface area contributed by atoms with Crippen LogP contribution in [0.3, 0.4) is 0 Å². The van der Waals surface area contributed by atoms with E-state index in [4.69, 9.17) is 27.8 Å². The van der Waals surface area contributed by atoms with Crippen molar-refractivity contribution in [2.24, 2.45) is 29.4 Å². The molecular weight excluding hydrogens is 404 g/mol. The van der Waals surface area contributed by atoms with E-state index in [0.29, 0.717) is 28.1 Å². The molecule has 0 saturated heterocycles. The van der Waals surface area contributed by atoms with Crippen LogP contribution in [-0.4, -0.2) is 39.9 Å². The third-order valence-electron chi connectivity index (χ3n) is 5.67. The van der Waals surface area contributed by atoms with Gasteiger partial charge in [-0.1, -0.05) is 17.7 Å². The van der Waals surface area contributed by atoms with Crippen molar-refractivity contribution >= 4 is 23.5 Å².